The van der Waals surface area contributed by atoms with Crippen molar-refractivity contribution >= 4 is 6.29 Å². The topological polar surface area (TPSA) is 26.3 Å². The molecule has 0 bridgehead atoms. The van der Waals surface area contributed by atoms with E-state index < -0.39 is 0 Å². The standard InChI is InChI=1S/C18H20O2/c1-3-20-18-7-5-4-6-16(18)12-17(13-19)15-10-8-14(2)9-11-15/h4-11,13,17H,3,12H2,1-2H3. The highest BCUT2D eigenvalue weighted by Gasteiger charge is 2.14. The first kappa shape index (κ1) is 14.3. The van der Waals surface area contributed by atoms with Crippen molar-refractivity contribution in [1.82, 2.24) is 0 Å². The van der Waals surface area contributed by atoms with Crippen molar-refractivity contribution in [3.05, 3.63) is 65.2 Å². The lowest BCUT2D eigenvalue weighted by atomic mass is 9.92. The van der Waals surface area contributed by atoms with E-state index in [0.717, 1.165) is 23.2 Å². The zero-order chi connectivity index (χ0) is 14.4. The molecule has 0 saturated carbocycles. The van der Waals surface area contributed by atoms with Crippen LogP contribution in [-0.2, 0) is 11.2 Å². The Morgan fingerprint density at radius 1 is 1.10 bits per heavy atom. The molecule has 20 heavy (non-hydrogen) atoms. The fourth-order valence-corrected chi connectivity index (χ4v) is 2.26. The summed E-state index contributed by atoms with van der Waals surface area (Å²) in [7, 11) is 0. The first-order valence-electron chi connectivity index (χ1n) is 6.97. The molecule has 0 spiro atoms. The molecule has 104 valence electrons. The molecule has 2 heteroatoms. The average molecular weight is 268 g/mol. The molecule has 2 aromatic carbocycles. The van der Waals surface area contributed by atoms with Crippen LogP contribution in [0.3, 0.4) is 0 Å². The van der Waals surface area contributed by atoms with E-state index in [1.165, 1.54) is 5.56 Å². The molecule has 1 unspecified atom stereocenters. The molecule has 0 N–H and O–H groups in total. The summed E-state index contributed by atoms with van der Waals surface area (Å²) in [6, 6.07) is 16.0. The van der Waals surface area contributed by atoms with E-state index in [0.29, 0.717) is 13.0 Å². The number of ether oxygens (including phenoxy) is 1. The maximum absolute atomic E-state index is 11.4. The van der Waals surface area contributed by atoms with E-state index in [1.54, 1.807) is 0 Å². The van der Waals surface area contributed by atoms with E-state index in [9.17, 15) is 4.79 Å². The van der Waals surface area contributed by atoms with Gasteiger partial charge in [0, 0.05) is 5.92 Å². The quantitative estimate of drug-likeness (QED) is 0.742. The van der Waals surface area contributed by atoms with Gasteiger partial charge in [-0.1, -0.05) is 48.0 Å². The highest BCUT2D eigenvalue weighted by Crippen LogP contribution is 2.25. The average Bonchev–Trinajstić information content (AvgIpc) is 2.48. The zero-order valence-electron chi connectivity index (χ0n) is 12.0. The number of rotatable bonds is 6. The molecule has 0 saturated heterocycles. The Labute approximate surface area is 120 Å². The van der Waals surface area contributed by atoms with Gasteiger partial charge in [-0.05, 0) is 37.5 Å². The van der Waals surface area contributed by atoms with Gasteiger partial charge in [0.25, 0.3) is 0 Å². The van der Waals surface area contributed by atoms with Gasteiger partial charge < -0.3 is 9.53 Å². The predicted molar refractivity (Wildman–Crippen MR) is 81.3 cm³/mol. The third-order valence-electron chi connectivity index (χ3n) is 3.38. The van der Waals surface area contributed by atoms with Crippen molar-refractivity contribution < 1.29 is 9.53 Å². The first-order valence-corrected chi connectivity index (χ1v) is 6.97. The largest absolute Gasteiger partial charge is 0.494 e. The van der Waals surface area contributed by atoms with Crippen molar-refractivity contribution in [2.24, 2.45) is 0 Å². The van der Waals surface area contributed by atoms with Gasteiger partial charge in [0.05, 0.1) is 6.61 Å². The number of carbonyl (C=O) groups is 1. The van der Waals surface area contributed by atoms with E-state index in [-0.39, 0.29) is 5.92 Å². The van der Waals surface area contributed by atoms with Crippen molar-refractivity contribution in [3.63, 3.8) is 0 Å². The SMILES string of the molecule is CCOc1ccccc1CC(C=O)c1ccc(C)cc1. The van der Waals surface area contributed by atoms with Crippen LogP contribution in [0.5, 0.6) is 5.75 Å². The molecule has 2 nitrogen and oxygen atoms in total. The van der Waals surface area contributed by atoms with E-state index >= 15 is 0 Å². The maximum Gasteiger partial charge on any atom is 0.127 e. The second kappa shape index (κ2) is 6.90. The monoisotopic (exact) mass is 268 g/mol. The van der Waals surface area contributed by atoms with E-state index in [1.807, 2.05) is 62.4 Å². The molecule has 0 amide bonds. The Morgan fingerprint density at radius 3 is 2.45 bits per heavy atom. The third-order valence-corrected chi connectivity index (χ3v) is 3.38. The summed E-state index contributed by atoms with van der Waals surface area (Å²) in [5.74, 6) is 0.742. The number of aryl methyl sites for hydroxylation is 1. The number of hydrogen-bond acceptors (Lipinski definition) is 2. The summed E-state index contributed by atoms with van der Waals surface area (Å²) in [4.78, 5) is 11.4. The molecular weight excluding hydrogens is 248 g/mol. The van der Waals surface area contributed by atoms with E-state index in [4.69, 9.17) is 4.74 Å². The van der Waals surface area contributed by atoms with Crippen molar-refractivity contribution in [1.29, 1.82) is 0 Å². The molecule has 0 aliphatic rings. The second-order valence-electron chi connectivity index (χ2n) is 4.90. The minimum absolute atomic E-state index is 0.128. The van der Waals surface area contributed by atoms with Crippen LogP contribution >= 0.6 is 0 Å². The number of carbonyl (C=O) groups excluding carboxylic acids is 1. The Morgan fingerprint density at radius 2 is 1.80 bits per heavy atom. The third kappa shape index (κ3) is 3.47. The fraction of sp³-hybridized carbons (Fsp3) is 0.278. The van der Waals surface area contributed by atoms with Crippen molar-refractivity contribution in [2.45, 2.75) is 26.2 Å². The first-order chi connectivity index (χ1) is 9.74. The lowest BCUT2D eigenvalue weighted by Crippen LogP contribution is -2.06. The van der Waals surface area contributed by atoms with Gasteiger partial charge in [0.15, 0.2) is 0 Å². The zero-order valence-corrected chi connectivity index (χ0v) is 12.0. The molecule has 1 atom stereocenters. The van der Waals surface area contributed by atoms with Gasteiger partial charge >= 0.3 is 0 Å². The van der Waals surface area contributed by atoms with Crippen LogP contribution in [0.2, 0.25) is 0 Å². The van der Waals surface area contributed by atoms with Gasteiger partial charge in [-0.25, -0.2) is 0 Å². The number of benzene rings is 2. The van der Waals surface area contributed by atoms with E-state index in [2.05, 4.69) is 0 Å². The molecule has 2 aromatic rings. The van der Waals surface area contributed by atoms with Crippen LogP contribution in [0.4, 0.5) is 0 Å². The Balaban J connectivity index is 2.22. The van der Waals surface area contributed by atoms with Crippen molar-refractivity contribution in [3.8, 4) is 5.75 Å². The number of aldehydes is 1. The van der Waals surface area contributed by atoms with Crippen LogP contribution in [0.1, 0.15) is 29.5 Å². The summed E-state index contributed by atoms with van der Waals surface area (Å²) < 4.78 is 5.62. The number of hydrogen-bond donors (Lipinski definition) is 0. The predicted octanol–water partition coefficient (Wildman–Crippen LogP) is 3.92. The highest BCUT2D eigenvalue weighted by atomic mass is 16.5. The Kier molecular flexibility index (Phi) is 4.94. The maximum atomic E-state index is 11.4. The molecule has 0 radical (unpaired) electrons. The summed E-state index contributed by atoms with van der Waals surface area (Å²) in [5.41, 5.74) is 3.33. The molecule has 2 rings (SSSR count). The molecular formula is C18H20O2. The molecule has 0 fully saturated rings. The molecule has 0 aliphatic heterocycles. The smallest absolute Gasteiger partial charge is 0.127 e. The summed E-state index contributed by atoms with van der Waals surface area (Å²) >= 11 is 0. The highest BCUT2D eigenvalue weighted by molar-refractivity contribution is 5.63. The molecule has 0 heterocycles. The van der Waals surface area contributed by atoms with Crippen molar-refractivity contribution in [2.75, 3.05) is 6.61 Å². The van der Waals surface area contributed by atoms with Crippen LogP contribution in [0.25, 0.3) is 0 Å². The van der Waals surface area contributed by atoms with Gasteiger partial charge in [0.1, 0.15) is 12.0 Å². The summed E-state index contributed by atoms with van der Waals surface area (Å²) in [6.07, 6.45) is 1.69. The number of para-hydroxylation sites is 1. The lowest BCUT2D eigenvalue weighted by molar-refractivity contribution is -0.109. The summed E-state index contributed by atoms with van der Waals surface area (Å²) in [6.45, 7) is 4.64. The molecule has 0 aromatic heterocycles. The van der Waals surface area contributed by atoms with Gasteiger partial charge in [0.2, 0.25) is 0 Å². The minimum Gasteiger partial charge on any atom is -0.494 e. The van der Waals surface area contributed by atoms with Crippen LogP contribution < -0.4 is 4.74 Å². The normalized spacial score (nSPS) is 11.9. The Hall–Kier alpha value is -2.09. The van der Waals surface area contributed by atoms with Gasteiger partial charge in [-0.15, -0.1) is 0 Å². The van der Waals surface area contributed by atoms with Gasteiger partial charge in [-0.2, -0.15) is 0 Å². The van der Waals surface area contributed by atoms with Crippen LogP contribution in [0, 0.1) is 6.92 Å². The lowest BCUT2D eigenvalue weighted by Gasteiger charge is -2.14. The van der Waals surface area contributed by atoms with Crippen LogP contribution in [0.15, 0.2) is 48.5 Å². The Bertz CT molecular complexity index is 558. The van der Waals surface area contributed by atoms with Gasteiger partial charge in [-0.3, -0.25) is 0 Å². The minimum atomic E-state index is -0.128. The fourth-order valence-electron chi connectivity index (χ4n) is 2.26. The molecule has 0 aliphatic carbocycles. The van der Waals surface area contributed by atoms with Crippen LogP contribution in [-0.4, -0.2) is 12.9 Å². The second-order valence-corrected chi connectivity index (χ2v) is 4.90. The summed E-state index contributed by atoms with van der Waals surface area (Å²) in [5, 5.41) is 0.